The lowest BCUT2D eigenvalue weighted by Crippen LogP contribution is -2.43. The van der Waals surface area contributed by atoms with Gasteiger partial charge < -0.3 is 20.1 Å². The summed E-state index contributed by atoms with van der Waals surface area (Å²) in [5, 5.41) is 12.5. The van der Waals surface area contributed by atoms with Crippen LogP contribution in [0.2, 0.25) is 0 Å². The van der Waals surface area contributed by atoms with Crippen molar-refractivity contribution >= 4 is 6.09 Å². The monoisotopic (exact) mass is 258 g/mol. The molecule has 0 saturated carbocycles. The molecule has 2 N–H and O–H groups in total. The van der Waals surface area contributed by atoms with E-state index in [0.717, 1.165) is 12.8 Å². The Bertz CT molecular complexity index is 272. The van der Waals surface area contributed by atoms with Crippen LogP contribution in [0.1, 0.15) is 40.5 Å². The van der Waals surface area contributed by atoms with E-state index in [-0.39, 0.29) is 24.8 Å². The van der Waals surface area contributed by atoms with Crippen LogP contribution in [0.4, 0.5) is 4.79 Å². The van der Waals surface area contributed by atoms with E-state index in [4.69, 9.17) is 9.84 Å². The first-order valence-electron chi connectivity index (χ1n) is 6.70. The number of nitrogens with zero attached hydrogens (tertiary/aromatic N) is 1. The van der Waals surface area contributed by atoms with E-state index < -0.39 is 5.60 Å². The molecule has 0 bridgehead atoms. The zero-order chi connectivity index (χ0) is 13.8. The first-order chi connectivity index (χ1) is 8.35. The van der Waals surface area contributed by atoms with Gasteiger partial charge in [-0.3, -0.25) is 0 Å². The van der Waals surface area contributed by atoms with Crippen LogP contribution in [0.25, 0.3) is 0 Å². The largest absolute Gasteiger partial charge is 0.444 e. The van der Waals surface area contributed by atoms with Gasteiger partial charge >= 0.3 is 6.09 Å². The lowest BCUT2D eigenvalue weighted by atomic mass is 10.2. The summed E-state index contributed by atoms with van der Waals surface area (Å²) in [4.78, 5) is 13.6. The predicted molar refractivity (Wildman–Crippen MR) is 70.5 cm³/mol. The van der Waals surface area contributed by atoms with Gasteiger partial charge in [0, 0.05) is 25.2 Å². The van der Waals surface area contributed by atoms with E-state index >= 15 is 0 Å². The maximum absolute atomic E-state index is 11.9. The summed E-state index contributed by atoms with van der Waals surface area (Å²) in [5.41, 5.74) is -0.445. The second kappa shape index (κ2) is 6.38. The summed E-state index contributed by atoms with van der Waals surface area (Å²) < 4.78 is 5.34. The molecule has 1 heterocycles. The molecule has 106 valence electrons. The number of ether oxygens (including phenoxy) is 1. The summed E-state index contributed by atoms with van der Waals surface area (Å²) in [6.45, 7) is 9.16. The van der Waals surface area contributed by atoms with Gasteiger partial charge in [0.1, 0.15) is 5.60 Å². The standard InChI is InChI=1S/C13H26N2O3/c1-5-10(9-16)14-11-6-7-15(8-11)12(17)18-13(2,3)4/h10-11,14,16H,5-9H2,1-4H3. The Kier molecular flexibility index (Phi) is 5.41. The first kappa shape index (κ1) is 15.2. The van der Waals surface area contributed by atoms with Crippen molar-refractivity contribution in [2.24, 2.45) is 0 Å². The van der Waals surface area contributed by atoms with Crippen LogP contribution in [0, 0.1) is 0 Å². The van der Waals surface area contributed by atoms with E-state index in [1.54, 1.807) is 4.90 Å². The van der Waals surface area contributed by atoms with Gasteiger partial charge in [0.15, 0.2) is 0 Å². The molecule has 0 spiro atoms. The highest BCUT2D eigenvalue weighted by Crippen LogP contribution is 2.15. The highest BCUT2D eigenvalue weighted by atomic mass is 16.6. The second-order valence-corrected chi connectivity index (χ2v) is 5.87. The van der Waals surface area contributed by atoms with Crippen molar-refractivity contribution in [2.75, 3.05) is 19.7 Å². The summed E-state index contributed by atoms with van der Waals surface area (Å²) in [7, 11) is 0. The summed E-state index contributed by atoms with van der Waals surface area (Å²) in [6.07, 6.45) is 1.55. The van der Waals surface area contributed by atoms with Crippen molar-refractivity contribution < 1.29 is 14.6 Å². The molecule has 1 rings (SSSR count). The molecule has 0 aliphatic carbocycles. The average molecular weight is 258 g/mol. The molecule has 0 aromatic rings. The fourth-order valence-corrected chi connectivity index (χ4v) is 2.02. The molecule has 1 aliphatic rings. The van der Waals surface area contributed by atoms with E-state index in [2.05, 4.69) is 5.32 Å². The van der Waals surface area contributed by atoms with Crippen molar-refractivity contribution in [1.82, 2.24) is 10.2 Å². The van der Waals surface area contributed by atoms with Crippen molar-refractivity contribution in [3.63, 3.8) is 0 Å². The molecule has 0 radical (unpaired) electrons. The smallest absolute Gasteiger partial charge is 0.410 e. The molecule has 1 saturated heterocycles. The maximum Gasteiger partial charge on any atom is 0.410 e. The minimum Gasteiger partial charge on any atom is -0.444 e. The van der Waals surface area contributed by atoms with Gasteiger partial charge in [-0.15, -0.1) is 0 Å². The molecule has 2 atom stereocenters. The van der Waals surface area contributed by atoms with Crippen molar-refractivity contribution in [1.29, 1.82) is 0 Å². The highest BCUT2D eigenvalue weighted by molar-refractivity contribution is 5.68. The van der Waals surface area contributed by atoms with Crippen LogP contribution >= 0.6 is 0 Å². The van der Waals surface area contributed by atoms with Crippen LogP contribution < -0.4 is 5.32 Å². The summed E-state index contributed by atoms with van der Waals surface area (Å²) in [5.74, 6) is 0. The number of hydrogen-bond donors (Lipinski definition) is 2. The molecule has 5 nitrogen and oxygen atoms in total. The number of carbonyl (C=O) groups excluding carboxylic acids is 1. The number of aliphatic hydroxyl groups excluding tert-OH is 1. The number of amides is 1. The Morgan fingerprint density at radius 1 is 1.56 bits per heavy atom. The quantitative estimate of drug-likeness (QED) is 0.799. The molecule has 0 aromatic heterocycles. The molecule has 0 aromatic carbocycles. The predicted octanol–water partition coefficient (Wildman–Crippen LogP) is 1.36. The molecule has 1 fully saturated rings. The lowest BCUT2D eigenvalue weighted by Gasteiger charge is -2.25. The first-order valence-corrected chi connectivity index (χ1v) is 6.70. The van der Waals surface area contributed by atoms with Crippen LogP contribution in [-0.4, -0.2) is 53.5 Å². The third kappa shape index (κ3) is 4.82. The minimum atomic E-state index is -0.445. The van der Waals surface area contributed by atoms with Crippen molar-refractivity contribution in [2.45, 2.75) is 58.2 Å². The van der Waals surface area contributed by atoms with Gasteiger partial charge in [0.25, 0.3) is 0 Å². The Morgan fingerprint density at radius 2 is 2.22 bits per heavy atom. The maximum atomic E-state index is 11.9. The van der Waals surface area contributed by atoms with Crippen LogP contribution in [0.5, 0.6) is 0 Å². The fourth-order valence-electron chi connectivity index (χ4n) is 2.02. The molecule has 2 unspecified atom stereocenters. The Morgan fingerprint density at radius 3 is 2.72 bits per heavy atom. The van der Waals surface area contributed by atoms with Gasteiger partial charge in [0.05, 0.1) is 6.61 Å². The van der Waals surface area contributed by atoms with Crippen LogP contribution in [0.3, 0.4) is 0 Å². The third-order valence-corrected chi connectivity index (χ3v) is 3.02. The molecule has 1 amide bonds. The van der Waals surface area contributed by atoms with Crippen LogP contribution in [0.15, 0.2) is 0 Å². The summed E-state index contributed by atoms with van der Waals surface area (Å²) >= 11 is 0. The number of rotatable bonds is 4. The van der Waals surface area contributed by atoms with Crippen LogP contribution in [-0.2, 0) is 4.74 Å². The van der Waals surface area contributed by atoms with Crippen molar-refractivity contribution in [3.8, 4) is 0 Å². The van der Waals surface area contributed by atoms with E-state index in [1.807, 2.05) is 27.7 Å². The van der Waals surface area contributed by atoms with Gasteiger partial charge in [-0.05, 0) is 33.6 Å². The van der Waals surface area contributed by atoms with Gasteiger partial charge in [0.2, 0.25) is 0 Å². The van der Waals surface area contributed by atoms with Gasteiger partial charge in [-0.25, -0.2) is 4.79 Å². The number of likely N-dealkylation sites (tertiary alicyclic amines) is 1. The number of nitrogens with one attached hydrogen (secondary N) is 1. The van der Waals surface area contributed by atoms with Gasteiger partial charge in [-0.2, -0.15) is 0 Å². The number of hydrogen-bond acceptors (Lipinski definition) is 4. The highest BCUT2D eigenvalue weighted by Gasteiger charge is 2.30. The number of aliphatic hydroxyl groups is 1. The zero-order valence-electron chi connectivity index (χ0n) is 11.9. The normalized spacial score (nSPS) is 22.1. The van der Waals surface area contributed by atoms with Crippen molar-refractivity contribution in [3.05, 3.63) is 0 Å². The molecular weight excluding hydrogens is 232 g/mol. The molecular formula is C13H26N2O3. The Labute approximate surface area is 109 Å². The zero-order valence-corrected chi connectivity index (χ0v) is 11.9. The number of carbonyl (C=O) groups is 1. The molecule has 18 heavy (non-hydrogen) atoms. The average Bonchev–Trinajstić information content (AvgIpc) is 2.72. The summed E-state index contributed by atoms with van der Waals surface area (Å²) in [6, 6.07) is 0.378. The lowest BCUT2D eigenvalue weighted by molar-refractivity contribution is 0.0290. The SMILES string of the molecule is CCC(CO)NC1CCN(C(=O)OC(C)(C)C)C1. The van der Waals surface area contributed by atoms with E-state index in [9.17, 15) is 4.79 Å². The fraction of sp³-hybridized carbons (Fsp3) is 0.923. The third-order valence-electron chi connectivity index (χ3n) is 3.02. The molecule has 1 aliphatic heterocycles. The Balaban J connectivity index is 2.39. The van der Waals surface area contributed by atoms with E-state index in [0.29, 0.717) is 13.1 Å². The topological polar surface area (TPSA) is 61.8 Å². The second-order valence-electron chi connectivity index (χ2n) is 5.87. The van der Waals surface area contributed by atoms with Gasteiger partial charge in [-0.1, -0.05) is 6.92 Å². The van der Waals surface area contributed by atoms with E-state index in [1.165, 1.54) is 0 Å². The minimum absolute atomic E-state index is 0.119. The Hall–Kier alpha value is -0.810. The molecule has 5 heteroatoms.